The minimum Gasteiger partial charge on any atom is -0.493 e. The maximum absolute atomic E-state index is 13.5. The van der Waals surface area contributed by atoms with Gasteiger partial charge < -0.3 is 19.5 Å². The molecule has 0 atom stereocenters. The Morgan fingerprint density at radius 1 is 1.16 bits per heavy atom. The van der Waals surface area contributed by atoms with Crippen LogP contribution in [0.4, 0.5) is 15.9 Å². The Morgan fingerprint density at radius 3 is 2.72 bits per heavy atom. The summed E-state index contributed by atoms with van der Waals surface area (Å²) in [5, 5.41) is 3.97. The van der Waals surface area contributed by atoms with E-state index in [2.05, 4.69) is 20.2 Å². The minimum absolute atomic E-state index is 0. The molecule has 7 nitrogen and oxygen atoms in total. The Labute approximate surface area is 201 Å². The average molecular weight is 528 g/mol. The van der Waals surface area contributed by atoms with Crippen molar-refractivity contribution in [1.29, 1.82) is 0 Å². The number of fused-ring (bicyclic) bond motifs is 1. The molecule has 0 amide bonds. The molecule has 1 N–H and O–H groups in total. The number of benzene rings is 2. The van der Waals surface area contributed by atoms with Gasteiger partial charge in [0.25, 0.3) is 0 Å². The highest BCUT2D eigenvalue weighted by Crippen LogP contribution is 2.35. The van der Waals surface area contributed by atoms with Crippen molar-refractivity contribution < 1.29 is 18.6 Å². The lowest BCUT2D eigenvalue weighted by Gasteiger charge is -2.26. The number of halogens is 3. The molecule has 3 aromatic rings. The molecule has 1 saturated heterocycles. The summed E-state index contributed by atoms with van der Waals surface area (Å²) in [6.07, 6.45) is 2.35. The van der Waals surface area contributed by atoms with Crippen molar-refractivity contribution in [1.82, 2.24) is 14.9 Å². The Kier molecular flexibility index (Phi) is 8.86. The molecule has 0 unspecified atom stereocenters. The molecule has 2 heterocycles. The fourth-order valence-electron chi connectivity index (χ4n) is 3.44. The highest BCUT2D eigenvalue weighted by atomic mass is 79.9. The molecule has 4 rings (SSSR count). The molecule has 0 bridgehead atoms. The Bertz CT molecular complexity index is 1050. The maximum atomic E-state index is 13.5. The Morgan fingerprint density at radius 2 is 1.97 bits per heavy atom. The summed E-state index contributed by atoms with van der Waals surface area (Å²) < 4.78 is 30.4. The van der Waals surface area contributed by atoms with Crippen molar-refractivity contribution in [2.75, 3.05) is 51.9 Å². The molecular weight excluding hydrogens is 503 g/mol. The largest absolute Gasteiger partial charge is 0.493 e. The monoisotopic (exact) mass is 526 g/mol. The third-order valence-corrected chi connectivity index (χ3v) is 5.37. The zero-order chi connectivity index (χ0) is 21.6. The maximum Gasteiger partial charge on any atom is 0.162 e. The molecule has 0 radical (unpaired) electrons. The van der Waals surface area contributed by atoms with Crippen molar-refractivity contribution in [3.63, 3.8) is 0 Å². The van der Waals surface area contributed by atoms with Crippen LogP contribution >= 0.6 is 28.6 Å². The number of aromatic nitrogens is 2. The van der Waals surface area contributed by atoms with Crippen molar-refractivity contribution in [2.45, 2.75) is 6.42 Å². The molecule has 32 heavy (non-hydrogen) atoms. The number of anilines is 2. The molecule has 172 valence electrons. The van der Waals surface area contributed by atoms with E-state index < -0.39 is 5.82 Å². The lowest BCUT2D eigenvalue weighted by molar-refractivity contribution is 0.0357. The highest BCUT2D eigenvalue weighted by Gasteiger charge is 2.14. The van der Waals surface area contributed by atoms with E-state index in [1.165, 1.54) is 18.5 Å². The molecule has 1 aromatic heterocycles. The molecule has 0 aliphatic carbocycles. The number of hydrogen-bond acceptors (Lipinski definition) is 7. The summed E-state index contributed by atoms with van der Waals surface area (Å²) in [5.74, 6) is 1.31. The van der Waals surface area contributed by atoms with Gasteiger partial charge in [-0.05, 0) is 30.7 Å². The fourth-order valence-corrected chi connectivity index (χ4v) is 3.62. The minimum atomic E-state index is -0.475. The van der Waals surface area contributed by atoms with Crippen LogP contribution in [-0.4, -0.2) is 61.4 Å². The summed E-state index contributed by atoms with van der Waals surface area (Å²) in [5.41, 5.74) is 1.32. The van der Waals surface area contributed by atoms with Crippen LogP contribution in [0.5, 0.6) is 11.5 Å². The first-order valence-corrected chi connectivity index (χ1v) is 10.5. The average Bonchev–Trinajstić information content (AvgIpc) is 2.79. The van der Waals surface area contributed by atoms with Crippen molar-refractivity contribution in [3.8, 4) is 11.5 Å². The van der Waals surface area contributed by atoms with E-state index in [-0.39, 0.29) is 22.0 Å². The van der Waals surface area contributed by atoms with Gasteiger partial charge >= 0.3 is 0 Å². The van der Waals surface area contributed by atoms with Gasteiger partial charge in [0.15, 0.2) is 11.5 Å². The second-order valence-corrected chi connectivity index (χ2v) is 7.56. The zero-order valence-electron chi connectivity index (χ0n) is 17.6. The predicted molar refractivity (Wildman–Crippen MR) is 128 cm³/mol. The van der Waals surface area contributed by atoms with E-state index in [9.17, 15) is 4.39 Å². The van der Waals surface area contributed by atoms with Gasteiger partial charge in [-0.1, -0.05) is 11.6 Å². The highest BCUT2D eigenvalue weighted by molar-refractivity contribution is 8.93. The van der Waals surface area contributed by atoms with Crippen molar-refractivity contribution >= 4 is 51.0 Å². The van der Waals surface area contributed by atoms with Gasteiger partial charge in [-0.3, -0.25) is 4.90 Å². The van der Waals surface area contributed by atoms with Gasteiger partial charge in [-0.25, -0.2) is 14.4 Å². The molecule has 1 fully saturated rings. The normalized spacial score (nSPS) is 14.1. The van der Waals surface area contributed by atoms with Crippen LogP contribution < -0.4 is 14.8 Å². The van der Waals surface area contributed by atoms with Gasteiger partial charge in [0.2, 0.25) is 0 Å². The SMILES string of the molecule is Br.COc1cc2ncnc(Nc3ccc(F)c(Cl)c3)c2cc1OCCCN1CCOCC1. The Balaban J connectivity index is 0.00000289. The van der Waals surface area contributed by atoms with Crippen LogP contribution in [0.2, 0.25) is 5.02 Å². The van der Waals surface area contributed by atoms with Gasteiger partial charge in [-0.15, -0.1) is 17.0 Å². The summed E-state index contributed by atoms with van der Waals surface area (Å²) in [7, 11) is 1.60. The third-order valence-electron chi connectivity index (χ3n) is 5.08. The fraction of sp³-hybridized carbons (Fsp3) is 0.364. The molecule has 0 saturated carbocycles. The molecule has 0 spiro atoms. The van der Waals surface area contributed by atoms with E-state index in [0.717, 1.165) is 44.7 Å². The zero-order valence-corrected chi connectivity index (χ0v) is 20.1. The van der Waals surface area contributed by atoms with E-state index >= 15 is 0 Å². The van der Waals surface area contributed by atoms with Crippen molar-refractivity contribution in [2.24, 2.45) is 0 Å². The smallest absolute Gasteiger partial charge is 0.162 e. The van der Waals surface area contributed by atoms with Gasteiger partial charge in [0.1, 0.15) is 18.0 Å². The first-order chi connectivity index (χ1) is 15.1. The molecule has 1 aliphatic rings. The van der Waals surface area contributed by atoms with Crippen LogP contribution in [0.1, 0.15) is 6.42 Å². The van der Waals surface area contributed by atoms with Crippen LogP contribution in [-0.2, 0) is 4.74 Å². The molecular formula is C22H25BrClFN4O3. The number of nitrogens with one attached hydrogen (secondary N) is 1. The van der Waals surface area contributed by atoms with E-state index in [4.69, 9.17) is 25.8 Å². The van der Waals surface area contributed by atoms with Gasteiger partial charge in [-0.2, -0.15) is 0 Å². The number of morpholine rings is 1. The molecule has 2 aromatic carbocycles. The van der Waals surface area contributed by atoms with Gasteiger partial charge in [0, 0.05) is 36.8 Å². The quantitative estimate of drug-likeness (QED) is 0.420. The molecule has 1 aliphatic heterocycles. The van der Waals surface area contributed by atoms with Crippen LogP contribution in [0.15, 0.2) is 36.7 Å². The van der Waals surface area contributed by atoms with Crippen LogP contribution in [0.25, 0.3) is 10.9 Å². The summed E-state index contributed by atoms with van der Waals surface area (Å²) in [4.78, 5) is 11.0. The van der Waals surface area contributed by atoms with Gasteiger partial charge in [0.05, 0.1) is 37.5 Å². The first-order valence-electron chi connectivity index (χ1n) is 10.1. The number of hydrogen-bond donors (Lipinski definition) is 1. The number of ether oxygens (including phenoxy) is 3. The summed E-state index contributed by atoms with van der Waals surface area (Å²) >= 11 is 5.90. The van der Waals surface area contributed by atoms with Crippen LogP contribution in [0, 0.1) is 5.82 Å². The number of nitrogens with zero attached hydrogens (tertiary/aromatic N) is 3. The topological polar surface area (TPSA) is 68.7 Å². The first kappa shape index (κ1) is 24.4. The standard InChI is InChI=1S/C22H24ClFN4O3.BrH/c1-29-20-13-19-16(12-21(20)31-8-2-5-28-6-9-30-10-7-28)22(26-14-25-19)27-15-3-4-18(24)17(23)11-15;/h3-4,11-14H,2,5-10H2,1H3,(H,25,26,27);1H. The number of methoxy groups -OCH3 is 1. The van der Waals surface area contributed by atoms with E-state index in [1.54, 1.807) is 13.2 Å². The summed E-state index contributed by atoms with van der Waals surface area (Å²) in [6.45, 7) is 5.00. The molecule has 10 heteroatoms. The lowest BCUT2D eigenvalue weighted by Crippen LogP contribution is -2.37. The summed E-state index contributed by atoms with van der Waals surface area (Å²) in [6, 6.07) is 8.09. The third kappa shape index (κ3) is 5.98. The lowest BCUT2D eigenvalue weighted by atomic mass is 10.2. The second-order valence-electron chi connectivity index (χ2n) is 7.15. The van der Waals surface area contributed by atoms with E-state index in [0.29, 0.717) is 35.1 Å². The second kappa shape index (κ2) is 11.6. The van der Waals surface area contributed by atoms with Crippen LogP contribution in [0.3, 0.4) is 0 Å². The Hall–Kier alpha value is -2.20. The van der Waals surface area contributed by atoms with Crippen molar-refractivity contribution in [3.05, 3.63) is 47.5 Å². The predicted octanol–water partition coefficient (Wildman–Crippen LogP) is 4.85. The number of rotatable bonds is 8. The van der Waals surface area contributed by atoms with E-state index in [1.807, 2.05) is 12.1 Å².